The zero-order valence-corrected chi connectivity index (χ0v) is 19.9. The number of ether oxygens (including phenoxy) is 1. The Labute approximate surface area is 211 Å². The lowest BCUT2D eigenvalue weighted by Gasteiger charge is -2.27. The van der Waals surface area contributed by atoms with Crippen molar-refractivity contribution in [3.05, 3.63) is 117 Å². The van der Waals surface area contributed by atoms with Crippen LogP contribution in [-0.4, -0.2) is 19.6 Å². The van der Waals surface area contributed by atoms with Crippen LogP contribution in [0, 0.1) is 5.82 Å². The van der Waals surface area contributed by atoms with Gasteiger partial charge in [0.2, 0.25) is 5.88 Å². The third-order valence-electron chi connectivity index (χ3n) is 6.27. The molecule has 0 spiro atoms. The Kier molecular flexibility index (Phi) is 4.55. The second-order valence-electron chi connectivity index (χ2n) is 8.39. The van der Waals surface area contributed by atoms with Gasteiger partial charge in [0.15, 0.2) is 17.2 Å². The normalized spacial score (nSPS) is 14.4. The monoisotopic (exact) mass is 540 g/mol. The Morgan fingerprint density at radius 2 is 1.72 bits per heavy atom. The highest BCUT2D eigenvalue weighted by Crippen LogP contribution is 2.48. The minimum absolute atomic E-state index is 0.301. The number of para-hydroxylation sites is 1. The molecule has 0 radical (unpaired) electrons. The summed E-state index contributed by atoms with van der Waals surface area (Å²) in [5.41, 5.74) is 2.68. The van der Waals surface area contributed by atoms with E-state index in [1.807, 2.05) is 36.4 Å². The fraction of sp³-hybridized carbons (Fsp3) is 0.0370. The van der Waals surface area contributed by atoms with Gasteiger partial charge >= 0.3 is 5.63 Å². The average molecular weight is 541 g/mol. The van der Waals surface area contributed by atoms with E-state index in [0.29, 0.717) is 50.8 Å². The maximum absolute atomic E-state index is 13.9. The molecule has 0 N–H and O–H groups in total. The van der Waals surface area contributed by atoms with Gasteiger partial charge in [-0.1, -0.05) is 52.3 Å². The zero-order chi connectivity index (χ0) is 24.4. The first-order chi connectivity index (χ1) is 17.6. The quantitative estimate of drug-likeness (QED) is 0.247. The predicted molar refractivity (Wildman–Crippen MR) is 134 cm³/mol. The van der Waals surface area contributed by atoms with E-state index in [4.69, 9.17) is 14.1 Å². The van der Waals surface area contributed by atoms with Crippen molar-refractivity contribution in [3.63, 3.8) is 0 Å². The molecule has 174 valence electrons. The molecule has 1 aliphatic heterocycles. The van der Waals surface area contributed by atoms with Gasteiger partial charge in [-0.25, -0.2) is 23.7 Å². The minimum Gasteiger partial charge on any atom is -0.437 e. The Bertz CT molecular complexity index is 1860. The second kappa shape index (κ2) is 7.82. The van der Waals surface area contributed by atoms with E-state index in [0.717, 1.165) is 10.0 Å². The van der Waals surface area contributed by atoms with Crippen LogP contribution in [0.15, 0.2) is 92.8 Å². The number of hydrogen-bond donors (Lipinski definition) is 0. The molecular formula is C27H14BrFN4O3. The molecule has 6 aromatic rings. The fourth-order valence-electron chi connectivity index (χ4n) is 4.64. The Hall–Kier alpha value is -4.37. The van der Waals surface area contributed by atoms with E-state index in [1.165, 1.54) is 18.5 Å². The maximum atomic E-state index is 13.9. The summed E-state index contributed by atoms with van der Waals surface area (Å²) in [6.45, 7) is 0. The highest BCUT2D eigenvalue weighted by atomic mass is 79.9. The van der Waals surface area contributed by atoms with Crippen LogP contribution in [0.3, 0.4) is 0 Å². The third kappa shape index (κ3) is 3.16. The molecule has 1 unspecified atom stereocenters. The lowest BCUT2D eigenvalue weighted by Crippen LogP contribution is -2.22. The van der Waals surface area contributed by atoms with E-state index in [1.54, 1.807) is 28.8 Å². The summed E-state index contributed by atoms with van der Waals surface area (Å²) in [4.78, 5) is 22.7. The van der Waals surface area contributed by atoms with Crippen LogP contribution in [0.2, 0.25) is 0 Å². The van der Waals surface area contributed by atoms with Crippen molar-refractivity contribution < 1.29 is 13.5 Å². The van der Waals surface area contributed by atoms with Gasteiger partial charge in [-0.3, -0.25) is 0 Å². The summed E-state index contributed by atoms with van der Waals surface area (Å²) in [5, 5.41) is 5.24. The molecule has 0 saturated heterocycles. The molecule has 9 heteroatoms. The minimum atomic E-state index is -0.664. The summed E-state index contributed by atoms with van der Waals surface area (Å²) in [6, 6.07) is 20.8. The summed E-state index contributed by atoms with van der Waals surface area (Å²) < 4.78 is 28.3. The standard InChI is InChI=1S/C27H14BrFN4O3/c28-16-9-5-15(6-10-16)24-31-25-22-20(14-7-11-17(29)12-8-14)21-23(36-26(22)30-13-33(25)32-24)18-3-1-2-4-19(18)35-27(21)34/h1-13,20H. The van der Waals surface area contributed by atoms with Crippen molar-refractivity contribution in [2.75, 3.05) is 0 Å². The lowest BCUT2D eigenvalue weighted by molar-refractivity contribution is 0.422. The summed E-state index contributed by atoms with van der Waals surface area (Å²) in [7, 11) is 0. The van der Waals surface area contributed by atoms with E-state index >= 15 is 0 Å². The molecular weight excluding hydrogens is 527 g/mol. The van der Waals surface area contributed by atoms with Gasteiger partial charge in [0.25, 0.3) is 0 Å². The van der Waals surface area contributed by atoms with Gasteiger partial charge in [0.05, 0.1) is 22.4 Å². The van der Waals surface area contributed by atoms with E-state index in [9.17, 15) is 9.18 Å². The summed E-state index contributed by atoms with van der Waals surface area (Å²) in [5.74, 6) is 0.117. The Morgan fingerprint density at radius 1 is 0.944 bits per heavy atom. The van der Waals surface area contributed by atoms with Gasteiger partial charge in [0.1, 0.15) is 17.7 Å². The maximum Gasteiger partial charge on any atom is 0.344 e. The Morgan fingerprint density at radius 3 is 2.53 bits per heavy atom. The van der Waals surface area contributed by atoms with Crippen molar-refractivity contribution >= 4 is 32.5 Å². The molecule has 0 bridgehead atoms. The average Bonchev–Trinajstić information content (AvgIpc) is 3.33. The smallest absolute Gasteiger partial charge is 0.344 e. The van der Waals surface area contributed by atoms with E-state index < -0.39 is 11.5 Å². The van der Waals surface area contributed by atoms with Crippen molar-refractivity contribution in [2.45, 2.75) is 5.92 Å². The molecule has 3 aromatic heterocycles. The lowest BCUT2D eigenvalue weighted by atomic mass is 9.84. The van der Waals surface area contributed by atoms with Crippen LogP contribution in [0.25, 0.3) is 28.0 Å². The van der Waals surface area contributed by atoms with Gasteiger partial charge in [0, 0.05) is 10.0 Å². The molecule has 1 atom stereocenters. The van der Waals surface area contributed by atoms with E-state index in [2.05, 4.69) is 26.0 Å². The molecule has 7 rings (SSSR count). The molecule has 4 heterocycles. The topological polar surface area (TPSA) is 82.5 Å². The number of aromatic nitrogens is 4. The molecule has 0 fully saturated rings. The highest BCUT2D eigenvalue weighted by Gasteiger charge is 2.37. The number of hydrogen-bond acceptors (Lipinski definition) is 6. The first kappa shape index (κ1) is 21.0. The van der Waals surface area contributed by atoms with Crippen molar-refractivity contribution in [1.29, 1.82) is 0 Å². The van der Waals surface area contributed by atoms with Crippen LogP contribution in [0.4, 0.5) is 4.39 Å². The van der Waals surface area contributed by atoms with Crippen LogP contribution in [0.5, 0.6) is 11.6 Å². The third-order valence-corrected chi connectivity index (χ3v) is 6.80. The van der Waals surface area contributed by atoms with Crippen LogP contribution in [0.1, 0.15) is 22.6 Å². The van der Waals surface area contributed by atoms with Crippen molar-refractivity contribution in [2.24, 2.45) is 0 Å². The molecule has 36 heavy (non-hydrogen) atoms. The van der Waals surface area contributed by atoms with Gasteiger partial charge in [-0.05, 0) is 42.0 Å². The van der Waals surface area contributed by atoms with Gasteiger partial charge < -0.3 is 9.15 Å². The summed E-state index contributed by atoms with van der Waals surface area (Å²) >= 11 is 3.44. The van der Waals surface area contributed by atoms with Gasteiger partial charge in [-0.15, -0.1) is 5.10 Å². The molecule has 0 amide bonds. The predicted octanol–water partition coefficient (Wildman–Crippen LogP) is 6.09. The molecule has 7 nitrogen and oxygen atoms in total. The second-order valence-corrected chi connectivity index (χ2v) is 9.30. The number of halogens is 2. The zero-order valence-electron chi connectivity index (χ0n) is 18.4. The number of rotatable bonds is 2. The van der Waals surface area contributed by atoms with E-state index in [-0.39, 0.29) is 5.82 Å². The molecule has 3 aromatic carbocycles. The van der Waals surface area contributed by atoms with Crippen molar-refractivity contribution in [1.82, 2.24) is 19.6 Å². The summed E-state index contributed by atoms with van der Waals surface area (Å²) in [6.07, 6.45) is 1.53. The highest BCUT2D eigenvalue weighted by molar-refractivity contribution is 9.10. The number of nitrogens with zero attached hydrogens (tertiary/aromatic N) is 4. The van der Waals surface area contributed by atoms with Gasteiger partial charge in [-0.2, -0.15) is 0 Å². The first-order valence-electron chi connectivity index (χ1n) is 11.1. The molecule has 0 saturated carbocycles. The molecule has 1 aliphatic rings. The molecule has 0 aliphatic carbocycles. The van der Waals surface area contributed by atoms with Crippen LogP contribution >= 0.6 is 15.9 Å². The van der Waals surface area contributed by atoms with Crippen LogP contribution < -0.4 is 10.4 Å². The largest absolute Gasteiger partial charge is 0.437 e. The van der Waals surface area contributed by atoms with Crippen LogP contribution in [-0.2, 0) is 0 Å². The first-order valence-corrected chi connectivity index (χ1v) is 11.9. The number of benzene rings is 3. The Balaban J connectivity index is 1.54. The SMILES string of the molecule is O=c1oc2ccccc2c2c1C(c1ccc(F)cc1)c1c(ncn3nc(-c4ccc(Br)cc4)nc13)O2. The fourth-order valence-corrected chi connectivity index (χ4v) is 4.90. The van der Waals surface area contributed by atoms with Crippen molar-refractivity contribution in [3.8, 4) is 23.0 Å². The number of fused-ring (bicyclic) bond motifs is 6.